The van der Waals surface area contributed by atoms with Gasteiger partial charge in [-0.25, -0.2) is 0 Å². The molecule has 1 aromatic heterocycles. The zero-order valence-electron chi connectivity index (χ0n) is 14.6. The van der Waals surface area contributed by atoms with Crippen LogP contribution in [0.4, 0.5) is 0 Å². The first kappa shape index (κ1) is 17.0. The first-order chi connectivity index (χ1) is 10.4. The Hall–Kier alpha value is -1.32. The van der Waals surface area contributed by atoms with E-state index in [9.17, 15) is 4.79 Å². The lowest BCUT2D eigenvalue weighted by atomic mass is 9.86. The van der Waals surface area contributed by atoms with Gasteiger partial charge in [-0.1, -0.05) is 32.1 Å². The molecule has 0 spiro atoms. The molecule has 0 aliphatic heterocycles. The van der Waals surface area contributed by atoms with Crippen LogP contribution in [0.15, 0.2) is 6.20 Å². The SMILES string of the molecule is Cc1c(C(=O)NCCCC2CCCCC2)cnn1C(C)(C)C. The molecule has 0 atom stereocenters. The van der Waals surface area contributed by atoms with E-state index in [4.69, 9.17) is 0 Å². The summed E-state index contributed by atoms with van der Waals surface area (Å²) < 4.78 is 1.92. The minimum Gasteiger partial charge on any atom is -0.352 e. The molecule has 4 heteroatoms. The summed E-state index contributed by atoms with van der Waals surface area (Å²) in [4.78, 5) is 12.3. The zero-order valence-corrected chi connectivity index (χ0v) is 14.6. The Morgan fingerprint density at radius 3 is 2.59 bits per heavy atom. The van der Waals surface area contributed by atoms with E-state index < -0.39 is 0 Å². The van der Waals surface area contributed by atoms with Crippen LogP contribution in [-0.4, -0.2) is 22.2 Å². The molecule has 1 saturated carbocycles. The fourth-order valence-corrected chi connectivity index (χ4v) is 3.47. The van der Waals surface area contributed by atoms with Crippen molar-refractivity contribution in [3.05, 3.63) is 17.5 Å². The molecule has 1 aromatic rings. The molecule has 1 N–H and O–H groups in total. The second-order valence-electron chi connectivity index (χ2n) is 7.63. The highest BCUT2D eigenvalue weighted by Gasteiger charge is 2.21. The number of nitrogens with one attached hydrogen (secondary N) is 1. The summed E-state index contributed by atoms with van der Waals surface area (Å²) in [5.41, 5.74) is 1.55. The molecule has 124 valence electrons. The number of carbonyl (C=O) groups excluding carboxylic acids is 1. The van der Waals surface area contributed by atoms with Crippen LogP contribution in [0.2, 0.25) is 0 Å². The van der Waals surface area contributed by atoms with E-state index in [1.165, 1.54) is 38.5 Å². The molecular formula is C18H31N3O. The second-order valence-corrected chi connectivity index (χ2v) is 7.63. The van der Waals surface area contributed by atoms with Crippen LogP contribution in [0.1, 0.15) is 81.8 Å². The first-order valence-corrected chi connectivity index (χ1v) is 8.73. The van der Waals surface area contributed by atoms with Gasteiger partial charge >= 0.3 is 0 Å². The summed E-state index contributed by atoms with van der Waals surface area (Å²) in [6, 6.07) is 0. The number of rotatable bonds is 5. The highest BCUT2D eigenvalue weighted by molar-refractivity contribution is 5.95. The molecule has 1 aliphatic rings. The molecule has 0 saturated heterocycles. The van der Waals surface area contributed by atoms with Crippen molar-refractivity contribution in [2.45, 2.75) is 78.2 Å². The van der Waals surface area contributed by atoms with Crippen LogP contribution in [0.25, 0.3) is 0 Å². The van der Waals surface area contributed by atoms with E-state index in [2.05, 4.69) is 31.2 Å². The lowest BCUT2D eigenvalue weighted by Crippen LogP contribution is -2.27. The highest BCUT2D eigenvalue weighted by atomic mass is 16.1. The number of hydrogen-bond acceptors (Lipinski definition) is 2. The third kappa shape index (κ3) is 4.34. The Morgan fingerprint density at radius 2 is 2.00 bits per heavy atom. The van der Waals surface area contributed by atoms with Gasteiger partial charge in [0.15, 0.2) is 0 Å². The van der Waals surface area contributed by atoms with E-state index in [1.54, 1.807) is 6.20 Å². The topological polar surface area (TPSA) is 46.9 Å². The second kappa shape index (κ2) is 7.30. The van der Waals surface area contributed by atoms with E-state index in [-0.39, 0.29) is 11.4 Å². The first-order valence-electron chi connectivity index (χ1n) is 8.73. The normalized spacial score (nSPS) is 16.7. The maximum Gasteiger partial charge on any atom is 0.254 e. The van der Waals surface area contributed by atoms with Gasteiger partial charge in [0, 0.05) is 12.2 Å². The summed E-state index contributed by atoms with van der Waals surface area (Å²) in [5, 5.41) is 7.42. The molecular weight excluding hydrogens is 274 g/mol. The minimum absolute atomic E-state index is 0.0108. The predicted molar refractivity (Wildman–Crippen MR) is 90.1 cm³/mol. The van der Waals surface area contributed by atoms with E-state index in [0.29, 0.717) is 5.56 Å². The van der Waals surface area contributed by atoms with Crippen molar-refractivity contribution >= 4 is 5.91 Å². The summed E-state index contributed by atoms with van der Waals surface area (Å²) >= 11 is 0. The van der Waals surface area contributed by atoms with Crippen LogP contribution in [0, 0.1) is 12.8 Å². The fraction of sp³-hybridized carbons (Fsp3) is 0.778. The highest BCUT2D eigenvalue weighted by Crippen LogP contribution is 2.27. The third-order valence-corrected chi connectivity index (χ3v) is 4.69. The van der Waals surface area contributed by atoms with Crippen LogP contribution in [-0.2, 0) is 5.54 Å². The molecule has 0 aromatic carbocycles. The number of amides is 1. The monoisotopic (exact) mass is 305 g/mol. The van der Waals surface area contributed by atoms with Gasteiger partial charge in [-0.15, -0.1) is 0 Å². The zero-order chi connectivity index (χ0) is 16.2. The van der Waals surface area contributed by atoms with E-state index in [0.717, 1.165) is 24.6 Å². The molecule has 1 amide bonds. The van der Waals surface area contributed by atoms with E-state index >= 15 is 0 Å². The Kier molecular flexibility index (Phi) is 5.65. The number of aromatic nitrogens is 2. The molecule has 1 heterocycles. The standard InChI is InChI=1S/C18H31N3O/c1-14-16(13-20-21(14)18(2,3)4)17(22)19-12-8-11-15-9-6-5-7-10-15/h13,15H,5-12H2,1-4H3,(H,19,22). The molecule has 1 fully saturated rings. The van der Waals surface area contributed by atoms with E-state index in [1.807, 2.05) is 11.6 Å². The molecule has 0 unspecified atom stereocenters. The Bertz CT molecular complexity index is 493. The van der Waals surface area contributed by atoms with Gasteiger partial charge in [0.25, 0.3) is 5.91 Å². The van der Waals surface area contributed by atoms with Crippen LogP contribution >= 0.6 is 0 Å². The molecule has 22 heavy (non-hydrogen) atoms. The third-order valence-electron chi connectivity index (χ3n) is 4.69. The van der Waals surface area contributed by atoms with Gasteiger partial charge in [0.05, 0.1) is 17.3 Å². The van der Waals surface area contributed by atoms with Gasteiger partial charge in [-0.2, -0.15) is 5.10 Å². The maximum absolute atomic E-state index is 12.3. The molecule has 0 radical (unpaired) electrons. The van der Waals surface area contributed by atoms with Gasteiger partial charge < -0.3 is 5.32 Å². The van der Waals surface area contributed by atoms with Crippen molar-refractivity contribution in [1.82, 2.24) is 15.1 Å². The van der Waals surface area contributed by atoms with Gasteiger partial charge in [0.2, 0.25) is 0 Å². The van der Waals surface area contributed by atoms with Gasteiger partial charge in [-0.05, 0) is 46.5 Å². The quantitative estimate of drug-likeness (QED) is 0.835. The average molecular weight is 305 g/mol. The lowest BCUT2D eigenvalue weighted by molar-refractivity contribution is 0.0951. The van der Waals surface area contributed by atoms with Crippen molar-refractivity contribution in [1.29, 1.82) is 0 Å². The number of hydrogen-bond donors (Lipinski definition) is 1. The lowest BCUT2D eigenvalue weighted by Gasteiger charge is -2.21. The van der Waals surface area contributed by atoms with Crippen molar-refractivity contribution in [3.63, 3.8) is 0 Å². The van der Waals surface area contributed by atoms with Crippen molar-refractivity contribution < 1.29 is 4.79 Å². The fourth-order valence-electron chi connectivity index (χ4n) is 3.47. The van der Waals surface area contributed by atoms with Crippen LogP contribution in [0.5, 0.6) is 0 Å². The molecule has 1 aliphatic carbocycles. The predicted octanol–water partition coefficient (Wildman–Crippen LogP) is 4.04. The van der Waals surface area contributed by atoms with Crippen LogP contribution in [0.3, 0.4) is 0 Å². The van der Waals surface area contributed by atoms with Crippen molar-refractivity contribution in [2.75, 3.05) is 6.54 Å². The average Bonchev–Trinajstić information content (AvgIpc) is 2.86. The number of nitrogens with zero attached hydrogens (tertiary/aromatic N) is 2. The maximum atomic E-state index is 12.3. The van der Waals surface area contributed by atoms with Gasteiger partial charge in [-0.3, -0.25) is 9.48 Å². The largest absolute Gasteiger partial charge is 0.352 e. The molecule has 2 rings (SSSR count). The summed E-state index contributed by atoms with van der Waals surface area (Å²) in [6.45, 7) is 9.03. The minimum atomic E-state index is -0.0937. The Morgan fingerprint density at radius 1 is 1.32 bits per heavy atom. The Labute approximate surface area is 134 Å². The molecule has 0 bridgehead atoms. The van der Waals surface area contributed by atoms with Crippen molar-refractivity contribution in [2.24, 2.45) is 5.92 Å². The van der Waals surface area contributed by atoms with Crippen LogP contribution < -0.4 is 5.32 Å². The summed E-state index contributed by atoms with van der Waals surface area (Å²) in [7, 11) is 0. The summed E-state index contributed by atoms with van der Waals surface area (Å²) in [6.07, 6.45) is 11.0. The number of carbonyl (C=O) groups is 1. The smallest absolute Gasteiger partial charge is 0.254 e. The van der Waals surface area contributed by atoms with Gasteiger partial charge in [0.1, 0.15) is 0 Å². The molecule has 4 nitrogen and oxygen atoms in total. The Balaban J connectivity index is 1.79. The summed E-state index contributed by atoms with van der Waals surface area (Å²) in [5.74, 6) is 0.896. The van der Waals surface area contributed by atoms with Crippen molar-refractivity contribution in [3.8, 4) is 0 Å².